The van der Waals surface area contributed by atoms with Crippen LogP contribution in [0.1, 0.15) is 43.0 Å². The number of ketones is 2. The highest BCUT2D eigenvalue weighted by Crippen LogP contribution is 2.57. The monoisotopic (exact) mass is 900 g/mol. The molecule has 0 spiro atoms. The molecule has 0 bridgehead atoms. The molecular formula is C29H16Cl2F6O14S4. The zero-order valence-electron chi connectivity index (χ0n) is 26.0. The standard InChI is InChI=1S/C29H16Cl2F6O14S4/c30-23-3-1-15(9-21(23)25(38)13-5-17(52(40,41)42)11-18(6-13)53(43,44)45)27(28(32,33)34,29(35,36)37)16-2-4-24(31)22(10-16)26(39)14-7-19(54(46,47)48)12-20(8-14)55(49,50)51/h1-12H,(H,40,41,42)(H,43,44,45)(H,46,47,48)(H,49,50,51). The first-order chi connectivity index (χ1) is 24.7. The van der Waals surface area contributed by atoms with Crippen LogP contribution in [-0.4, -0.2) is 75.8 Å². The van der Waals surface area contributed by atoms with Crippen molar-refractivity contribution in [1.82, 2.24) is 0 Å². The van der Waals surface area contributed by atoms with Crippen molar-refractivity contribution in [2.24, 2.45) is 0 Å². The first kappa shape index (κ1) is 43.7. The Bertz CT molecular complexity index is 2460. The van der Waals surface area contributed by atoms with Gasteiger partial charge in [-0.05, 0) is 71.8 Å². The van der Waals surface area contributed by atoms with Gasteiger partial charge in [-0.25, -0.2) is 0 Å². The average molecular weight is 902 g/mol. The number of benzene rings is 4. The van der Waals surface area contributed by atoms with E-state index in [1.165, 1.54) is 0 Å². The molecule has 0 fully saturated rings. The van der Waals surface area contributed by atoms with E-state index in [-0.39, 0.29) is 60.7 Å². The van der Waals surface area contributed by atoms with E-state index >= 15 is 26.3 Å². The van der Waals surface area contributed by atoms with E-state index < -0.39 is 133 Å². The second-order valence-electron chi connectivity index (χ2n) is 11.1. The number of hydrogen-bond acceptors (Lipinski definition) is 10. The molecule has 0 aliphatic heterocycles. The van der Waals surface area contributed by atoms with Crippen LogP contribution in [0.5, 0.6) is 0 Å². The summed E-state index contributed by atoms with van der Waals surface area (Å²) in [5, 5.41) is -1.78. The molecule has 4 aromatic rings. The summed E-state index contributed by atoms with van der Waals surface area (Å²) in [6.07, 6.45) is -12.9. The third-order valence-corrected chi connectivity index (χ3v) is 11.6. The molecule has 55 heavy (non-hydrogen) atoms. The molecule has 0 radical (unpaired) electrons. The Labute approximate surface area is 315 Å². The van der Waals surface area contributed by atoms with Gasteiger partial charge in [0.05, 0.1) is 29.6 Å². The Balaban J connectivity index is 2.06. The van der Waals surface area contributed by atoms with E-state index in [9.17, 15) is 61.5 Å². The molecule has 0 saturated heterocycles. The SMILES string of the molecule is O=C(c1cc(S(=O)(=O)O)cc(S(=O)(=O)O)c1)c1cc(C(c2ccc(Cl)c(C(=O)c3cc(S(=O)(=O)O)cc(S(=O)(=O)O)c3)c2)(C(F)(F)F)C(F)(F)F)ccc1Cl. The predicted molar refractivity (Wildman–Crippen MR) is 175 cm³/mol. The highest BCUT2D eigenvalue weighted by molar-refractivity contribution is 7.87. The summed E-state index contributed by atoms with van der Waals surface area (Å²) in [4.78, 5) is 21.6. The average Bonchev–Trinajstić information content (AvgIpc) is 3.02. The maximum atomic E-state index is 15.2. The summed E-state index contributed by atoms with van der Waals surface area (Å²) in [6.45, 7) is 0. The Morgan fingerprint density at radius 1 is 0.455 bits per heavy atom. The van der Waals surface area contributed by atoms with Crippen molar-refractivity contribution in [3.63, 3.8) is 0 Å². The molecule has 26 heteroatoms. The van der Waals surface area contributed by atoms with Crippen molar-refractivity contribution < 1.29 is 87.8 Å². The molecule has 0 unspecified atom stereocenters. The van der Waals surface area contributed by atoms with Crippen molar-refractivity contribution in [2.45, 2.75) is 37.3 Å². The van der Waals surface area contributed by atoms with Crippen LogP contribution in [0.25, 0.3) is 0 Å². The van der Waals surface area contributed by atoms with E-state index in [4.69, 9.17) is 23.2 Å². The molecule has 0 heterocycles. The molecule has 296 valence electrons. The number of carbonyl (C=O) groups is 2. The van der Waals surface area contributed by atoms with Crippen molar-refractivity contribution >= 4 is 75.2 Å². The summed E-state index contributed by atoms with van der Waals surface area (Å²) in [6, 6.07) is 2.32. The van der Waals surface area contributed by atoms with Gasteiger partial charge in [-0.15, -0.1) is 0 Å². The summed E-state index contributed by atoms with van der Waals surface area (Å²) >= 11 is 11.9. The van der Waals surface area contributed by atoms with Crippen molar-refractivity contribution in [1.29, 1.82) is 0 Å². The van der Waals surface area contributed by atoms with Gasteiger partial charge in [0.2, 0.25) is 5.41 Å². The molecule has 0 atom stereocenters. The van der Waals surface area contributed by atoms with Crippen molar-refractivity contribution in [3.05, 3.63) is 116 Å². The van der Waals surface area contributed by atoms with Gasteiger partial charge in [0, 0.05) is 22.3 Å². The molecule has 4 N–H and O–H groups in total. The number of carbonyl (C=O) groups excluding carboxylic acids is 2. The lowest BCUT2D eigenvalue weighted by Gasteiger charge is -2.38. The molecule has 0 aliphatic rings. The van der Waals surface area contributed by atoms with Gasteiger partial charge in [-0.1, -0.05) is 35.3 Å². The normalized spacial score (nSPS) is 13.5. The quantitative estimate of drug-likeness (QED) is 0.0828. The van der Waals surface area contributed by atoms with E-state index in [1.54, 1.807) is 0 Å². The third kappa shape index (κ3) is 8.57. The van der Waals surface area contributed by atoms with E-state index in [2.05, 4.69) is 0 Å². The summed E-state index contributed by atoms with van der Waals surface area (Å²) in [7, 11) is -21.5. The minimum atomic E-state index is -6.47. The van der Waals surface area contributed by atoms with Crippen molar-refractivity contribution in [3.8, 4) is 0 Å². The van der Waals surface area contributed by atoms with Crippen molar-refractivity contribution in [2.75, 3.05) is 0 Å². The van der Waals surface area contributed by atoms with Gasteiger partial charge in [0.1, 0.15) is 0 Å². The van der Waals surface area contributed by atoms with E-state index in [0.29, 0.717) is 12.1 Å². The highest BCUT2D eigenvalue weighted by Gasteiger charge is 2.72. The lowest BCUT2D eigenvalue weighted by Crippen LogP contribution is -2.55. The summed E-state index contributed by atoms with van der Waals surface area (Å²) in [5.74, 6) is -3.47. The van der Waals surface area contributed by atoms with Gasteiger partial charge in [-0.2, -0.15) is 60.0 Å². The zero-order valence-corrected chi connectivity index (χ0v) is 30.7. The Morgan fingerprint density at radius 3 is 0.927 bits per heavy atom. The highest BCUT2D eigenvalue weighted by atomic mass is 35.5. The third-order valence-electron chi connectivity index (χ3n) is 7.61. The lowest BCUT2D eigenvalue weighted by molar-refractivity contribution is -0.288. The van der Waals surface area contributed by atoms with Crippen LogP contribution >= 0.6 is 23.2 Å². The minimum Gasteiger partial charge on any atom is -0.289 e. The molecule has 4 rings (SSSR count). The van der Waals surface area contributed by atoms with Gasteiger partial charge in [-0.3, -0.25) is 27.8 Å². The minimum absolute atomic E-state index is 0.0526. The maximum absolute atomic E-state index is 15.2. The number of alkyl halides is 6. The van der Waals surface area contributed by atoms with Gasteiger partial charge in [0.25, 0.3) is 40.5 Å². The number of halogens is 8. The van der Waals surface area contributed by atoms with E-state index in [1.807, 2.05) is 0 Å². The molecule has 0 aliphatic carbocycles. The zero-order chi connectivity index (χ0) is 42.1. The molecular weight excluding hydrogens is 885 g/mol. The summed E-state index contributed by atoms with van der Waals surface area (Å²) in [5.41, 5.74) is -13.7. The van der Waals surface area contributed by atoms with Crippen LogP contribution in [-0.2, 0) is 45.9 Å². The van der Waals surface area contributed by atoms with Crippen LogP contribution in [0.2, 0.25) is 10.0 Å². The van der Waals surface area contributed by atoms with Crippen LogP contribution < -0.4 is 0 Å². The fourth-order valence-electron chi connectivity index (χ4n) is 5.16. The lowest BCUT2D eigenvalue weighted by atomic mass is 9.71. The van der Waals surface area contributed by atoms with Gasteiger partial charge < -0.3 is 0 Å². The molecule has 0 saturated carbocycles. The molecule has 14 nitrogen and oxygen atoms in total. The smallest absolute Gasteiger partial charge is 0.289 e. The second-order valence-corrected chi connectivity index (χ2v) is 17.6. The second kappa shape index (κ2) is 14.2. The topological polar surface area (TPSA) is 252 Å². The van der Waals surface area contributed by atoms with Crippen LogP contribution in [0.3, 0.4) is 0 Å². The molecule has 4 aromatic carbocycles. The van der Waals surface area contributed by atoms with Gasteiger partial charge >= 0.3 is 12.4 Å². The number of rotatable bonds is 10. The molecule has 0 amide bonds. The van der Waals surface area contributed by atoms with Crippen LogP contribution in [0, 0.1) is 0 Å². The number of hydrogen-bond donors (Lipinski definition) is 4. The van der Waals surface area contributed by atoms with Crippen LogP contribution in [0.15, 0.2) is 92.4 Å². The Morgan fingerprint density at radius 2 is 0.709 bits per heavy atom. The van der Waals surface area contributed by atoms with Gasteiger partial charge in [0.15, 0.2) is 11.6 Å². The van der Waals surface area contributed by atoms with Crippen LogP contribution in [0.4, 0.5) is 26.3 Å². The predicted octanol–water partition coefficient (Wildman–Crippen LogP) is 5.85. The first-order valence-corrected chi connectivity index (χ1v) is 20.3. The fraction of sp³-hybridized carbons (Fsp3) is 0.103. The summed E-state index contributed by atoms with van der Waals surface area (Å²) < 4.78 is 223. The first-order valence-electron chi connectivity index (χ1n) is 13.7. The molecule has 0 aromatic heterocycles. The maximum Gasteiger partial charge on any atom is 0.411 e. The Hall–Kier alpha value is -3.98. The Kier molecular flexibility index (Phi) is 11.3. The largest absolute Gasteiger partial charge is 0.411 e. The fourth-order valence-corrected chi connectivity index (χ4v) is 7.92. The van der Waals surface area contributed by atoms with E-state index in [0.717, 1.165) is 0 Å².